The summed E-state index contributed by atoms with van der Waals surface area (Å²) in [6.45, 7) is 0. The summed E-state index contributed by atoms with van der Waals surface area (Å²) in [5, 5.41) is 19.8. The predicted molar refractivity (Wildman–Crippen MR) is 79.7 cm³/mol. The summed E-state index contributed by atoms with van der Waals surface area (Å²) in [7, 11) is 0. The Labute approximate surface area is 131 Å². The summed E-state index contributed by atoms with van der Waals surface area (Å²) in [5.41, 5.74) is 0.247. The van der Waals surface area contributed by atoms with Gasteiger partial charge in [0.05, 0.1) is 21.0 Å². The number of nitro benzene ring substituents is 1. The molecule has 2 aromatic rings. The largest absolute Gasteiger partial charge is 0.455 e. The molecule has 100 valence electrons. The summed E-state index contributed by atoms with van der Waals surface area (Å²) in [5.74, 6) is 0.606. The van der Waals surface area contributed by atoms with Gasteiger partial charge >= 0.3 is 0 Å². The molecule has 2 aromatic carbocycles. The Bertz CT molecular complexity index is 726. The molecule has 0 N–H and O–H groups in total. The molecule has 0 heterocycles. The van der Waals surface area contributed by atoms with Crippen LogP contribution in [0.5, 0.6) is 11.5 Å². The van der Waals surface area contributed by atoms with E-state index in [4.69, 9.17) is 10.00 Å². The van der Waals surface area contributed by atoms with Gasteiger partial charge in [-0.1, -0.05) is 15.9 Å². The second kappa shape index (κ2) is 6.03. The molecule has 0 atom stereocenters. The maximum absolute atomic E-state index is 10.8. The fourth-order valence-electron chi connectivity index (χ4n) is 1.48. The Balaban J connectivity index is 2.42. The maximum atomic E-state index is 10.8. The van der Waals surface area contributed by atoms with E-state index in [9.17, 15) is 10.1 Å². The van der Waals surface area contributed by atoms with Crippen LogP contribution in [0, 0.1) is 21.4 Å². The number of benzene rings is 2. The van der Waals surface area contributed by atoms with Gasteiger partial charge in [-0.05, 0) is 40.2 Å². The highest BCUT2D eigenvalue weighted by molar-refractivity contribution is 9.10. The number of non-ortho nitro benzene ring substituents is 1. The summed E-state index contributed by atoms with van der Waals surface area (Å²) in [6, 6.07) is 11.2. The third-order valence-electron chi connectivity index (χ3n) is 2.41. The number of nitro groups is 1. The highest BCUT2D eigenvalue weighted by Gasteiger charge is 2.13. The summed E-state index contributed by atoms with van der Waals surface area (Å²) >= 11 is 6.52. The van der Waals surface area contributed by atoms with Crippen molar-refractivity contribution in [1.29, 1.82) is 5.26 Å². The average Bonchev–Trinajstić information content (AvgIpc) is 2.42. The van der Waals surface area contributed by atoms with E-state index in [-0.39, 0.29) is 11.4 Å². The lowest BCUT2D eigenvalue weighted by Gasteiger charge is -2.09. The Morgan fingerprint density at radius 1 is 1.15 bits per heavy atom. The van der Waals surface area contributed by atoms with Gasteiger partial charge in [0, 0.05) is 10.5 Å². The topological polar surface area (TPSA) is 76.2 Å². The Hall–Kier alpha value is -1.91. The first-order valence-corrected chi connectivity index (χ1v) is 6.91. The van der Waals surface area contributed by atoms with Gasteiger partial charge in [0.1, 0.15) is 17.6 Å². The molecule has 0 aliphatic heterocycles. The highest BCUT2D eigenvalue weighted by Crippen LogP contribution is 2.34. The molecule has 0 amide bonds. The number of ether oxygens (including phenoxy) is 1. The van der Waals surface area contributed by atoms with Crippen LogP contribution >= 0.6 is 31.9 Å². The number of hydrogen-bond acceptors (Lipinski definition) is 4. The SMILES string of the molecule is N#Cc1cc(Br)ccc1Oc1cc([N+](=O)[O-])ccc1Br. The molecule has 0 bridgehead atoms. The van der Waals surface area contributed by atoms with Crippen molar-refractivity contribution in [2.24, 2.45) is 0 Å². The zero-order valence-electron chi connectivity index (χ0n) is 9.84. The third-order valence-corrected chi connectivity index (χ3v) is 3.56. The summed E-state index contributed by atoms with van der Waals surface area (Å²) in [4.78, 5) is 10.3. The molecule has 0 aliphatic rings. The molecule has 0 aliphatic carbocycles. The lowest BCUT2D eigenvalue weighted by molar-refractivity contribution is -0.384. The van der Waals surface area contributed by atoms with Gasteiger partial charge < -0.3 is 4.74 Å². The first-order valence-electron chi connectivity index (χ1n) is 5.32. The molecule has 0 unspecified atom stereocenters. The minimum absolute atomic E-state index is 0.0844. The minimum Gasteiger partial charge on any atom is -0.455 e. The molecule has 0 fully saturated rings. The van der Waals surface area contributed by atoms with Gasteiger partial charge in [-0.3, -0.25) is 10.1 Å². The first-order chi connectivity index (χ1) is 9.51. The van der Waals surface area contributed by atoms with E-state index in [1.807, 2.05) is 6.07 Å². The second-order valence-corrected chi connectivity index (χ2v) is 5.50. The van der Waals surface area contributed by atoms with Crippen molar-refractivity contribution in [1.82, 2.24) is 0 Å². The number of halogens is 2. The predicted octanol–water partition coefficient (Wildman–Crippen LogP) is 4.78. The first kappa shape index (κ1) is 14.5. The van der Waals surface area contributed by atoms with Gasteiger partial charge in [0.15, 0.2) is 0 Å². The van der Waals surface area contributed by atoms with Crippen LogP contribution in [-0.4, -0.2) is 4.92 Å². The number of hydrogen-bond donors (Lipinski definition) is 0. The highest BCUT2D eigenvalue weighted by atomic mass is 79.9. The molecular formula is C13H6Br2N2O3. The van der Waals surface area contributed by atoms with Crippen molar-refractivity contribution in [3.8, 4) is 17.6 Å². The van der Waals surface area contributed by atoms with Crippen LogP contribution in [-0.2, 0) is 0 Å². The second-order valence-electron chi connectivity index (χ2n) is 3.73. The zero-order valence-corrected chi connectivity index (χ0v) is 13.0. The fraction of sp³-hybridized carbons (Fsp3) is 0. The standard InChI is InChI=1S/C13H6Br2N2O3/c14-9-1-4-12(8(5-9)7-16)20-13-6-10(17(18)19)2-3-11(13)15/h1-6H. The van der Waals surface area contributed by atoms with Crippen LogP contribution in [0.3, 0.4) is 0 Å². The van der Waals surface area contributed by atoms with Crippen molar-refractivity contribution in [3.63, 3.8) is 0 Å². The molecule has 0 saturated heterocycles. The van der Waals surface area contributed by atoms with Crippen molar-refractivity contribution in [2.45, 2.75) is 0 Å². The summed E-state index contributed by atoms with van der Waals surface area (Å²) < 4.78 is 6.90. The van der Waals surface area contributed by atoms with E-state index in [2.05, 4.69) is 31.9 Å². The molecular weight excluding hydrogens is 392 g/mol. The Kier molecular flexibility index (Phi) is 4.37. The molecule has 7 heteroatoms. The van der Waals surface area contributed by atoms with Crippen LogP contribution in [0.1, 0.15) is 5.56 Å². The zero-order chi connectivity index (χ0) is 14.7. The normalized spacial score (nSPS) is 9.85. The van der Waals surface area contributed by atoms with Crippen LogP contribution in [0.2, 0.25) is 0 Å². The van der Waals surface area contributed by atoms with E-state index in [0.717, 1.165) is 4.47 Å². The molecule has 0 aromatic heterocycles. The van der Waals surface area contributed by atoms with Gasteiger partial charge in [0.2, 0.25) is 0 Å². The van der Waals surface area contributed by atoms with E-state index >= 15 is 0 Å². The van der Waals surface area contributed by atoms with E-state index in [0.29, 0.717) is 15.8 Å². The molecule has 2 rings (SSSR count). The molecule has 20 heavy (non-hydrogen) atoms. The van der Waals surface area contributed by atoms with Crippen LogP contribution in [0.15, 0.2) is 45.3 Å². The molecule has 0 radical (unpaired) electrons. The van der Waals surface area contributed by atoms with E-state index < -0.39 is 4.92 Å². The molecule has 0 saturated carbocycles. The minimum atomic E-state index is -0.508. The lowest BCUT2D eigenvalue weighted by atomic mass is 10.2. The smallest absolute Gasteiger partial charge is 0.273 e. The van der Waals surface area contributed by atoms with Gasteiger partial charge in [0.25, 0.3) is 5.69 Å². The fourth-order valence-corrected chi connectivity index (χ4v) is 2.17. The average molecular weight is 398 g/mol. The van der Waals surface area contributed by atoms with E-state index in [1.165, 1.54) is 18.2 Å². The van der Waals surface area contributed by atoms with Crippen LogP contribution in [0.4, 0.5) is 5.69 Å². The van der Waals surface area contributed by atoms with Crippen molar-refractivity contribution >= 4 is 37.5 Å². The van der Waals surface area contributed by atoms with Crippen LogP contribution < -0.4 is 4.74 Å². The summed E-state index contributed by atoms with van der Waals surface area (Å²) in [6.07, 6.45) is 0. The molecule has 5 nitrogen and oxygen atoms in total. The Morgan fingerprint density at radius 3 is 2.55 bits per heavy atom. The van der Waals surface area contributed by atoms with E-state index in [1.54, 1.807) is 18.2 Å². The van der Waals surface area contributed by atoms with Gasteiger partial charge in [-0.15, -0.1) is 0 Å². The quantitative estimate of drug-likeness (QED) is 0.551. The Morgan fingerprint density at radius 2 is 1.90 bits per heavy atom. The number of nitriles is 1. The van der Waals surface area contributed by atoms with Gasteiger partial charge in [-0.2, -0.15) is 5.26 Å². The van der Waals surface area contributed by atoms with Crippen LogP contribution in [0.25, 0.3) is 0 Å². The van der Waals surface area contributed by atoms with Crippen molar-refractivity contribution in [3.05, 3.63) is 61.0 Å². The lowest BCUT2D eigenvalue weighted by Crippen LogP contribution is -1.92. The third kappa shape index (κ3) is 3.15. The number of rotatable bonds is 3. The van der Waals surface area contributed by atoms with Crippen molar-refractivity contribution in [2.75, 3.05) is 0 Å². The van der Waals surface area contributed by atoms with Gasteiger partial charge in [-0.25, -0.2) is 0 Å². The number of nitrogens with zero attached hydrogens (tertiary/aromatic N) is 2. The molecule has 0 spiro atoms. The van der Waals surface area contributed by atoms with Crippen molar-refractivity contribution < 1.29 is 9.66 Å². The monoisotopic (exact) mass is 396 g/mol. The maximum Gasteiger partial charge on any atom is 0.273 e.